The Bertz CT molecular complexity index is 913. The maximum absolute atomic E-state index is 13.3. The summed E-state index contributed by atoms with van der Waals surface area (Å²) >= 11 is 6.18. The number of para-hydroxylation sites is 1. The summed E-state index contributed by atoms with van der Waals surface area (Å²) in [6.07, 6.45) is 0.934. The van der Waals surface area contributed by atoms with Gasteiger partial charge >= 0.3 is 11.9 Å². The Balaban J connectivity index is 1.77. The number of esters is 2. The predicted molar refractivity (Wildman–Crippen MR) is 95.0 cm³/mol. The van der Waals surface area contributed by atoms with Crippen molar-refractivity contribution in [2.24, 2.45) is 11.8 Å². The van der Waals surface area contributed by atoms with Crippen LogP contribution in [0.4, 0.5) is 5.69 Å². The van der Waals surface area contributed by atoms with Gasteiger partial charge < -0.3 is 14.2 Å². The van der Waals surface area contributed by atoms with Crippen molar-refractivity contribution >= 4 is 41.0 Å². The van der Waals surface area contributed by atoms with Crippen molar-refractivity contribution in [2.45, 2.75) is 31.8 Å². The molecule has 0 saturated carbocycles. The van der Waals surface area contributed by atoms with Crippen LogP contribution in [0.5, 0.6) is 0 Å². The molecule has 3 aliphatic rings. The number of halogens is 1. The van der Waals surface area contributed by atoms with E-state index >= 15 is 0 Å². The van der Waals surface area contributed by atoms with Crippen molar-refractivity contribution in [2.75, 3.05) is 4.90 Å². The van der Waals surface area contributed by atoms with Crippen molar-refractivity contribution in [3.8, 4) is 0 Å². The van der Waals surface area contributed by atoms with E-state index in [4.69, 9.17) is 25.8 Å². The standard InChI is InChI=1S/C19H16ClNO7/c1-9(22)26-18(27-10(2)23)19-8-7-13(28-19)14-15(19)17(25)21(16(14)24)12-6-4-3-5-11(12)20/h3-8,13-15,18H,1-2H3. The first-order chi connectivity index (χ1) is 13.3. The summed E-state index contributed by atoms with van der Waals surface area (Å²) in [4.78, 5) is 50.5. The maximum atomic E-state index is 13.3. The minimum absolute atomic E-state index is 0.246. The lowest BCUT2D eigenvalue weighted by Crippen LogP contribution is -2.52. The summed E-state index contributed by atoms with van der Waals surface area (Å²) in [5, 5.41) is 0.246. The molecule has 2 bridgehead atoms. The molecule has 0 N–H and O–H groups in total. The number of rotatable bonds is 4. The zero-order chi connectivity index (χ0) is 20.2. The number of benzene rings is 1. The largest absolute Gasteiger partial charge is 0.422 e. The first-order valence-electron chi connectivity index (χ1n) is 8.60. The second kappa shape index (κ2) is 6.42. The summed E-state index contributed by atoms with van der Waals surface area (Å²) < 4.78 is 16.2. The van der Waals surface area contributed by atoms with Crippen LogP contribution in [0.2, 0.25) is 5.02 Å². The normalized spacial score (nSPS) is 30.1. The van der Waals surface area contributed by atoms with Gasteiger partial charge in [-0.05, 0) is 18.2 Å². The Morgan fingerprint density at radius 1 is 1.14 bits per heavy atom. The lowest BCUT2D eigenvalue weighted by molar-refractivity contribution is -0.226. The first-order valence-corrected chi connectivity index (χ1v) is 8.98. The molecule has 0 radical (unpaired) electrons. The number of ether oxygens (including phenoxy) is 3. The Morgan fingerprint density at radius 2 is 1.79 bits per heavy atom. The smallest absolute Gasteiger partial charge is 0.305 e. The molecular formula is C19H16ClNO7. The Labute approximate surface area is 165 Å². The van der Waals surface area contributed by atoms with Crippen LogP contribution in [0.3, 0.4) is 0 Å². The molecule has 3 aliphatic heterocycles. The van der Waals surface area contributed by atoms with Gasteiger partial charge in [-0.3, -0.25) is 19.2 Å². The van der Waals surface area contributed by atoms with Crippen LogP contribution in [0.1, 0.15) is 13.8 Å². The van der Waals surface area contributed by atoms with Gasteiger partial charge in [0, 0.05) is 13.8 Å². The van der Waals surface area contributed by atoms with E-state index in [0.717, 1.165) is 18.7 Å². The van der Waals surface area contributed by atoms with Crippen LogP contribution >= 0.6 is 11.6 Å². The molecule has 146 valence electrons. The molecule has 2 amide bonds. The SMILES string of the molecule is CC(=O)OC(OC(C)=O)C12C=CC(O1)C1C(=O)N(c3ccccc3Cl)C(=O)C12. The van der Waals surface area contributed by atoms with Crippen molar-refractivity contribution < 1.29 is 33.4 Å². The number of nitrogens with zero attached hydrogens (tertiary/aromatic N) is 1. The monoisotopic (exact) mass is 405 g/mol. The first kappa shape index (κ1) is 18.6. The third kappa shape index (κ3) is 2.56. The van der Waals surface area contributed by atoms with Crippen molar-refractivity contribution in [3.63, 3.8) is 0 Å². The van der Waals surface area contributed by atoms with Gasteiger partial charge in [0.05, 0.1) is 28.6 Å². The molecule has 3 heterocycles. The van der Waals surface area contributed by atoms with E-state index < -0.39 is 53.6 Å². The fourth-order valence-electron chi connectivity index (χ4n) is 4.09. The second-order valence-corrected chi connectivity index (χ2v) is 7.22. The maximum Gasteiger partial charge on any atom is 0.305 e. The fourth-order valence-corrected chi connectivity index (χ4v) is 4.31. The number of fused-ring (bicyclic) bond motifs is 5. The number of amides is 2. The highest BCUT2D eigenvalue weighted by Crippen LogP contribution is 2.55. The lowest BCUT2D eigenvalue weighted by atomic mass is 9.76. The van der Waals surface area contributed by atoms with Gasteiger partial charge in [-0.15, -0.1) is 0 Å². The average molecular weight is 406 g/mol. The number of hydrogen-bond acceptors (Lipinski definition) is 7. The average Bonchev–Trinajstić information content (AvgIpc) is 3.26. The van der Waals surface area contributed by atoms with E-state index in [0.29, 0.717) is 0 Å². The highest BCUT2D eigenvalue weighted by atomic mass is 35.5. The van der Waals surface area contributed by atoms with Gasteiger partial charge in [0.2, 0.25) is 11.8 Å². The Hall–Kier alpha value is -2.71. The highest BCUT2D eigenvalue weighted by Gasteiger charge is 2.72. The van der Waals surface area contributed by atoms with Crippen LogP contribution < -0.4 is 4.90 Å². The van der Waals surface area contributed by atoms with Crippen LogP contribution in [0, 0.1) is 11.8 Å². The van der Waals surface area contributed by atoms with Crippen molar-refractivity contribution in [1.29, 1.82) is 0 Å². The molecule has 2 fully saturated rings. The highest BCUT2D eigenvalue weighted by molar-refractivity contribution is 6.36. The Kier molecular flexibility index (Phi) is 4.28. The van der Waals surface area contributed by atoms with Crippen molar-refractivity contribution in [3.05, 3.63) is 41.4 Å². The molecular weight excluding hydrogens is 390 g/mol. The van der Waals surface area contributed by atoms with Crippen LogP contribution in [-0.4, -0.2) is 41.7 Å². The summed E-state index contributed by atoms with van der Waals surface area (Å²) in [5.41, 5.74) is -1.31. The molecule has 4 rings (SSSR count). The molecule has 1 aromatic carbocycles. The van der Waals surface area contributed by atoms with E-state index in [1.54, 1.807) is 30.3 Å². The summed E-state index contributed by atoms with van der Waals surface area (Å²) in [6, 6.07) is 6.49. The number of carbonyl (C=O) groups excluding carboxylic acids is 4. The lowest BCUT2D eigenvalue weighted by Gasteiger charge is -2.34. The molecule has 4 unspecified atom stereocenters. The quantitative estimate of drug-likeness (QED) is 0.324. The molecule has 0 aromatic heterocycles. The molecule has 4 atom stereocenters. The second-order valence-electron chi connectivity index (χ2n) is 6.81. The number of carbonyl (C=O) groups is 4. The molecule has 28 heavy (non-hydrogen) atoms. The molecule has 2 saturated heterocycles. The van der Waals surface area contributed by atoms with Crippen LogP contribution in [0.25, 0.3) is 0 Å². The molecule has 0 spiro atoms. The van der Waals surface area contributed by atoms with Gasteiger partial charge in [-0.2, -0.15) is 0 Å². The van der Waals surface area contributed by atoms with Gasteiger partial charge in [0.15, 0.2) is 5.60 Å². The van der Waals surface area contributed by atoms with E-state index in [-0.39, 0.29) is 10.7 Å². The van der Waals surface area contributed by atoms with Crippen LogP contribution in [-0.2, 0) is 33.4 Å². The minimum Gasteiger partial charge on any atom is -0.422 e. The van der Waals surface area contributed by atoms with E-state index in [2.05, 4.69) is 0 Å². The zero-order valence-corrected chi connectivity index (χ0v) is 15.7. The van der Waals surface area contributed by atoms with Gasteiger partial charge in [0.1, 0.15) is 0 Å². The number of imide groups is 1. The third-order valence-corrected chi connectivity index (χ3v) is 5.41. The number of anilines is 1. The fraction of sp³-hybridized carbons (Fsp3) is 0.368. The molecule has 9 heteroatoms. The minimum atomic E-state index is -1.57. The van der Waals surface area contributed by atoms with Crippen LogP contribution in [0.15, 0.2) is 36.4 Å². The van der Waals surface area contributed by atoms with Gasteiger partial charge in [0.25, 0.3) is 6.29 Å². The predicted octanol–water partition coefficient (Wildman–Crippen LogP) is 1.61. The topological polar surface area (TPSA) is 99.2 Å². The summed E-state index contributed by atoms with van der Waals surface area (Å²) in [6.45, 7) is 2.29. The van der Waals surface area contributed by atoms with Crippen molar-refractivity contribution in [1.82, 2.24) is 0 Å². The van der Waals surface area contributed by atoms with E-state index in [1.165, 1.54) is 6.08 Å². The Morgan fingerprint density at radius 3 is 2.39 bits per heavy atom. The zero-order valence-electron chi connectivity index (χ0n) is 15.0. The summed E-state index contributed by atoms with van der Waals surface area (Å²) in [5.74, 6) is -4.31. The summed E-state index contributed by atoms with van der Waals surface area (Å²) in [7, 11) is 0. The van der Waals surface area contributed by atoms with E-state index in [9.17, 15) is 19.2 Å². The van der Waals surface area contributed by atoms with Gasteiger partial charge in [-0.1, -0.05) is 29.8 Å². The molecule has 1 aromatic rings. The number of hydrogen-bond donors (Lipinski definition) is 0. The molecule has 8 nitrogen and oxygen atoms in total. The van der Waals surface area contributed by atoms with E-state index in [1.807, 2.05) is 0 Å². The molecule has 0 aliphatic carbocycles. The van der Waals surface area contributed by atoms with Gasteiger partial charge in [-0.25, -0.2) is 4.90 Å². The third-order valence-electron chi connectivity index (χ3n) is 5.09.